The number of hydrogen-bond acceptors (Lipinski definition) is 2. The van der Waals surface area contributed by atoms with E-state index in [4.69, 9.17) is 47.0 Å². The fraction of sp³-hybridized carbons (Fsp3) is 0.500. The van der Waals surface area contributed by atoms with Gasteiger partial charge in [-0.3, -0.25) is 4.79 Å². The van der Waals surface area contributed by atoms with Crippen molar-refractivity contribution in [1.82, 2.24) is 10.6 Å². The van der Waals surface area contributed by atoms with Gasteiger partial charge in [-0.25, -0.2) is 0 Å². The van der Waals surface area contributed by atoms with Crippen LogP contribution in [0.25, 0.3) is 0 Å². The number of amides is 1. The van der Waals surface area contributed by atoms with E-state index in [-0.39, 0.29) is 11.0 Å². The lowest BCUT2D eigenvalue weighted by Gasteiger charge is -2.27. The van der Waals surface area contributed by atoms with Crippen LogP contribution in [0.15, 0.2) is 24.3 Å². The van der Waals surface area contributed by atoms with E-state index in [0.29, 0.717) is 6.42 Å². The number of unbranched alkanes of at least 4 members (excludes halogenated alkanes) is 2. The third-order valence-electron chi connectivity index (χ3n) is 3.19. The molecule has 1 aromatic rings. The summed E-state index contributed by atoms with van der Waals surface area (Å²) in [6.45, 7) is 4.04. The number of carbonyl (C=O) groups is 1. The smallest absolute Gasteiger partial charge is 0.228 e. The maximum absolute atomic E-state index is 12.0. The Morgan fingerprint density at radius 1 is 1.25 bits per heavy atom. The van der Waals surface area contributed by atoms with Crippen LogP contribution in [0.3, 0.4) is 0 Å². The zero-order chi connectivity index (χ0) is 18.2. The molecule has 1 amide bonds. The summed E-state index contributed by atoms with van der Waals surface area (Å²) in [6.07, 6.45) is 2.25. The molecule has 1 aromatic carbocycles. The summed E-state index contributed by atoms with van der Waals surface area (Å²) in [5.74, 6) is -0.189. The molecule has 0 aliphatic rings. The minimum absolute atomic E-state index is 0.189. The molecule has 134 valence electrons. The molecule has 0 heterocycles. The van der Waals surface area contributed by atoms with Crippen molar-refractivity contribution < 1.29 is 4.79 Å². The van der Waals surface area contributed by atoms with Crippen molar-refractivity contribution in [3.8, 4) is 0 Å². The molecular formula is C16H22Cl3N3OS. The zero-order valence-corrected chi connectivity index (χ0v) is 16.7. The number of thiocarbonyl (C=S) groups is 1. The Balaban J connectivity index is 2.62. The topological polar surface area (TPSA) is 53.2 Å². The van der Waals surface area contributed by atoms with Gasteiger partial charge in [0.15, 0.2) is 5.11 Å². The van der Waals surface area contributed by atoms with Crippen molar-refractivity contribution in [2.45, 2.75) is 49.5 Å². The quantitative estimate of drug-likeness (QED) is 0.264. The van der Waals surface area contributed by atoms with E-state index in [2.05, 4.69) is 22.9 Å². The fourth-order valence-electron chi connectivity index (χ4n) is 1.99. The molecule has 0 spiro atoms. The summed E-state index contributed by atoms with van der Waals surface area (Å²) < 4.78 is -1.74. The minimum Gasteiger partial charge on any atom is -0.339 e. The third-order valence-corrected chi connectivity index (χ3v) is 4.07. The van der Waals surface area contributed by atoms with E-state index in [1.165, 1.54) is 0 Å². The molecule has 0 saturated carbocycles. The fourth-order valence-corrected chi connectivity index (χ4v) is 2.55. The molecule has 0 aliphatic heterocycles. The molecule has 0 bridgehead atoms. The summed E-state index contributed by atoms with van der Waals surface area (Å²) in [4.78, 5) is 12.0. The monoisotopic (exact) mass is 409 g/mol. The van der Waals surface area contributed by atoms with Crippen molar-refractivity contribution in [3.63, 3.8) is 0 Å². The second-order valence-electron chi connectivity index (χ2n) is 5.47. The molecule has 24 heavy (non-hydrogen) atoms. The highest BCUT2D eigenvalue weighted by Crippen LogP contribution is 2.29. The second kappa shape index (κ2) is 10.3. The molecule has 0 saturated heterocycles. The SMILES string of the molecule is CCCCCC(=O)N[C@H](NC(=S)Nc1cccc(C)c1)C(Cl)(Cl)Cl. The van der Waals surface area contributed by atoms with E-state index in [0.717, 1.165) is 30.5 Å². The Morgan fingerprint density at radius 2 is 1.96 bits per heavy atom. The Labute approximate surface area is 163 Å². The number of rotatable bonds is 7. The maximum atomic E-state index is 12.0. The molecule has 0 radical (unpaired) electrons. The molecule has 4 nitrogen and oxygen atoms in total. The number of benzene rings is 1. The summed E-state index contributed by atoms with van der Waals surface area (Å²) >= 11 is 23.1. The van der Waals surface area contributed by atoms with Gasteiger partial charge < -0.3 is 16.0 Å². The molecule has 0 aliphatic carbocycles. The van der Waals surface area contributed by atoms with E-state index in [9.17, 15) is 4.79 Å². The molecule has 0 unspecified atom stereocenters. The first-order chi connectivity index (χ1) is 11.2. The molecular weight excluding hydrogens is 389 g/mol. The lowest BCUT2D eigenvalue weighted by molar-refractivity contribution is -0.122. The van der Waals surface area contributed by atoms with Gasteiger partial charge in [0.05, 0.1) is 0 Å². The number of anilines is 1. The highest BCUT2D eigenvalue weighted by Gasteiger charge is 2.34. The normalized spacial score (nSPS) is 12.4. The molecule has 1 atom stereocenters. The number of nitrogens with one attached hydrogen (secondary N) is 3. The largest absolute Gasteiger partial charge is 0.339 e. The van der Waals surface area contributed by atoms with E-state index in [1.54, 1.807) is 0 Å². The number of aryl methyl sites for hydroxylation is 1. The zero-order valence-electron chi connectivity index (χ0n) is 13.7. The van der Waals surface area contributed by atoms with Crippen LogP contribution in [0.1, 0.15) is 38.2 Å². The number of alkyl halides is 3. The van der Waals surface area contributed by atoms with Crippen molar-refractivity contribution in [2.75, 3.05) is 5.32 Å². The standard InChI is InChI=1S/C16H22Cl3N3OS/c1-3-4-5-9-13(23)21-14(16(17,18)19)22-15(24)20-12-8-6-7-11(2)10-12/h6-8,10,14H,3-5,9H2,1-2H3,(H,21,23)(H2,20,22,24)/t14-/m1/s1. The van der Waals surface area contributed by atoms with Crippen molar-refractivity contribution >= 4 is 63.7 Å². The highest BCUT2D eigenvalue weighted by atomic mass is 35.6. The second-order valence-corrected chi connectivity index (χ2v) is 8.24. The Kier molecular flexibility index (Phi) is 9.13. The van der Waals surface area contributed by atoms with Crippen LogP contribution in [0.2, 0.25) is 0 Å². The van der Waals surface area contributed by atoms with E-state index < -0.39 is 9.96 Å². The summed E-state index contributed by atoms with van der Waals surface area (Å²) in [5.41, 5.74) is 1.90. The van der Waals surface area contributed by atoms with Crippen LogP contribution in [0.5, 0.6) is 0 Å². The van der Waals surface area contributed by atoms with Crippen LogP contribution in [-0.4, -0.2) is 21.0 Å². The number of carbonyl (C=O) groups excluding carboxylic acids is 1. The molecule has 8 heteroatoms. The van der Waals surface area contributed by atoms with Gasteiger partial charge in [0.25, 0.3) is 0 Å². The van der Waals surface area contributed by atoms with Gasteiger partial charge in [0, 0.05) is 12.1 Å². The van der Waals surface area contributed by atoms with Gasteiger partial charge in [0.2, 0.25) is 9.70 Å². The van der Waals surface area contributed by atoms with Crippen molar-refractivity contribution in [2.24, 2.45) is 0 Å². The molecule has 1 rings (SSSR count). The Bertz CT molecular complexity index is 564. The summed E-state index contributed by atoms with van der Waals surface area (Å²) in [5, 5.41) is 8.77. The van der Waals surface area contributed by atoms with Gasteiger partial charge in [0.1, 0.15) is 6.17 Å². The first kappa shape index (κ1) is 21.3. The third kappa shape index (κ3) is 8.38. The lowest BCUT2D eigenvalue weighted by atomic mass is 10.2. The van der Waals surface area contributed by atoms with Crippen LogP contribution in [0.4, 0.5) is 5.69 Å². The van der Waals surface area contributed by atoms with Crippen LogP contribution >= 0.6 is 47.0 Å². The van der Waals surface area contributed by atoms with Crippen LogP contribution < -0.4 is 16.0 Å². The van der Waals surface area contributed by atoms with E-state index >= 15 is 0 Å². The lowest BCUT2D eigenvalue weighted by Crippen LogP contribution is -2.56. The molecule has 3 N–H and O–H groups in total. The minimum atomic E-state index is -1.74. The van der Waals surface area contributed by atoms with Crippen molar-refractivity contribution in [1.29, 1.82) is 0 Å². The predicted octanol–water partition coefficient (Wildman–Crippen LogP) is 4.67. The van der Waals surface area contributed by atoms with Gasteiger partial charge in [-0.15, -0.1) is 0 Å². The van der Waals surface area contributed by atoms with Gasteiger partial charge in [-0.2, -0.15) is 0 Å². The summed E-state index contributed by atoms with van der Waals surface area (Å²) in [7, 11) is 0. The van der Waals surface area contributed by atoms with E-state index in [1.807, 2.05) is 31.2 Å². The molecule has 0 aromatic heterocycles. The Hall–Kier alpha value is -0.750. The number of halogens is 3. The first-order valence-electron chi connectivity index (χ1n) is 7.72. The predicted molar refractivity (Wildman–Crippen MR) is 107 cm³/mol. The maximum Gasteiger partial charge on any atom is 0.228 e. The van der Waals surface area contributed by atoms with Gasteiger partial charge in [-0.05, 0) is 43.3 Å². The van der Waals surface area contributed by atoms with Crippen LogP contribution in [-0.2, 0) is 4.79 Å². The molecule has 0 fully saturated rings. The Morgan fingerprint density at radius 3 is 2.54 bits per heavy atom. The van der Waals surface area contributed by atoms with Gasteiger partial charge in [-0.1, -0.05) is 66.7 Å². The van der Waals surface area contributed by atoms with Gasteiger partial charge >= 0.3 is 0 Å². The summed E-state index contributed by atoms with van der Waals surface area (Å²) in [6, 6.07) is 7.68. The number of hydrogen-bond donors (Lipinski definition) is 3. The average molecular weight is 411 g/mol. The van der Waals surface area contributed by atoms with Crippen molar-refractivity contribution in [3.05, 3.63) is 29.8 Å². The first-order valence-corrected chi connectivity index (χ1v) is 9.27. The van der Waals surface area contributed by atoms with Crippen LogP contribution in [0, 0.1) is 6.92 Å². The average Bonchev–Trinajstić information content (AvgIpc) is 2.45. The highest BCUT2D eigenvalue weighted by molar-refractivity contribution is 7.80.